The number of benzene rings is 3. The van der Waals surface area contributed by atoms with Crippen LogP contribution in [-0.4, -0.2) is 24.3 Å². The highest BCUT2D eigenvalue weighted by molar-refractivity contribution is 6.30. The third-order valence-corrected chi connectivity index (χ3v) is 5.28. The van der Waals surface area contributed by atoms with Crippen molar-refractivity contribution in [2.24, 2.45) is 0 Å². The van der Waals surface area contributed by atoms with Crippen LogP contribution in [0.1, 0.15) is 52.1 Å². The standard InChI is InChI=1S/C26H26ClN3O3/c1-18(21-9-5-10-23(17-21)30-26(33)19-7-3-2-4-8-19)29-24(31)11-6-16-28-25(32)20-12-14-22(27)15-13-20/h2-5,7-10,12-15,17-18H,6,11,16H2,1H3,(H,28,32)(H,29,31)(H,30,33). The summed E-state index contributed by atoms with van der Waals surface area (Å²) in [4.78, 5) is 36.8. The molecule has 0 aliphatic heterocycles. The fourth-order valence-electron chi connectivity index (χ4n) is 3.23. The van der Waals surface area contributed by atoms with E-state index >= 15 is 0 Å². The van der Waals surface area contributed by atoms with Gasteiger partial charge in [-0.3, -0.25) is 14.4 Å². The molecule has 3 amide bonds. The van der Waals surface area contributed by atoms with Gasteiger partial charge >= 0.3 is 0 Å². The van der Waals surface area contributed by atoms with Gasteiger partial charge < -0.3 is 16.0 Å². The molecule has 1 atom stereocenters. The normalized spacial score (nSPS) is 11.3. The van der Waals surface area contributed by atoms with Gasteiger partial charge in [0.15, 0.2) is 0 Å². The second-order valence-electron chi connectivity index (χ2n) is 7.60. The maximum atomic E-state index is 12.4. The summed E-state index contributed by atoms with van der Waals surface area (Å²) in [5.74, 6) is -0.498. The predicted molar refractivity (Wildman–Crippen MR) is 130 cm³/mol. The Morgan fingerprint density at radius 3 is 2.27 bits per heavy atom. The first-order chi connectivity index (χ1) is 15.9. The summed E-state index contributed by atoms with van der Waals surface area (Å²) in [6, 6.07) is 22.8. The van der Waals surface area contributed by atoms with Crippen molar-refractivity contribution in [2.45, 2.75) is 25.8 Å². The molecular formula is C26H26ClN3O3. The minimum atomic E-state index is -0.227. The van der Waals surface area contributed by atoms with Crippen molar-refractivity contribution in [1.29, 1.82) is 0 Å². The number of carbonyl (C=O) groups is 3. The van der Waals surface area contributed by atoms with Crippen LogP contribution in [0.2, 0.25) is 5.02 Å². The Morgan fingerprint density at radius 1 is 0.848 bits per heavy atom. The average molecular weight is 464 g/mol. The van der Waals surface area contributed by atoms with Crippen molar-refractivity contribution in [3.05, 3.63) is 101 Å². The van der Waals surface area contributed by atoms with Gasteiger partial charge in [0.05, 0.1) is 6.04 Å². The van der Waals surface area contributed by atoms with Crippen molar-refractivity contribution >= 4 is 35.0 Å². The van der Waals surface area contributed by atoms with Crippen LogP contribution in [0, 0.1) is 0 Å². The average Bonchev–Trinajstić information content (AvgIpc) is 2.83. The Kier molecular flexibility index (Phi) is 8.61. The molecule has 0 aliphatic rings. The van der Waals surface area contributed by atoms with Gasteiger partial charge in [0.1, 0.15) is 0 Å². The topological polar surface area (TPSA) is 87.3 Å². The molecule has 0 saturated carbocycles. The molecule has 7 heteroatoms. The first-order valence-electron chi connectivity index (χ1n) is 10.7. The lowest BCUT2D eigenvalue weighted by molar-refractivity contribution is -0.121. The number of halogens is 1. The second-order valence-corrected chi connectivity index (χ2v) is 8.04. The van der Waals surface area contributed by atoms with Crippen molar-refractivity contribution in [2.75, 3.05) is 11.9 Å². The van der Waals surface area contributed by atoms with Crippen LogP contribution in [-0.2, 0) is 4.79 Å². The smallest absolute Gasteiger partial charge is 0.255 e. The molecule has 0 saturated heterocycles. The van der Waals surface area contributed by atoms with E-state index in [4.69, 9.17) is 11.6 Å². The number of amides is 3. The van der Waals surface area contributed by atoms with Gasteiger partial charge in [0.25, 0.3) is 11.8 Å². The lowest BCUT2D eigenvalue weighted by atomic mass is 10.1. The Morgan fingerprint density at radius 2 is 1.55 bits per heavy atom. The summed E-state index contributed by atoms with van der Waals surface area (Å²) in [6.45, 7) is 2.28. The highest BCUT2D eigenvalue weighted by Gasteiger charge is 2.12. The SMILES string of the molecule is CC(NC(=O)CCCNC(=O)c1ccc(Cl)cc1)c1cccc(NC(=O)c2ccccc2)c1. The van der Waals surface area contributed by atoms with Gasteiger partial charge in [-0.2, -0.15) is 0 Å². The third-order valence-electron chi connectivity index (χ3n) is 5.03. The molecule has 6 nitrogen and oxygen atoms in total. The summed E-state index contributed by atoms with van der Waals surface area (Å²) in [5.41, 5.74) is 2.64. The zero-order chi connectivity index (χ0) is 23.6. The molecule has 170 valence electrons. The molecule has 3 aromatic rings. The Balaban J connectivity index is 1.43. The lowest BCUT2D eigenvalue weighted by Crippen LogP contribution is -2.29. The van der Waals surface area contributed by atoms with Gasteiger partial charge in [0.2, 0.25) is 5.91 Å². The van der Waals surface area contributed by atoms with E-state index in [-0.39, 0.29) is 30.2 Å². The predicted octanol–water partition coefficient (Wildman–Crippen LogP) is 4.98. The fraction of sp³-hybridized carbons (Fsp3) is 0.192. The van der Waals surface area contributed by atoms with E-state index in [2.05, 4.69) is 16.0 Å². The number of anilines is 1. The highest BCUT2D eigenvalue weighted by Crippen LogP contribution is 2.18. The van der Waals surface area contributed by atoms with Gasteiger partial charge in [0, 0.05) is 34.8 Å². The minimum absolute atomic E-state index is 0.109. The van der Waals surface area contributed by atoms with E-state index in [1.807, 2.05) is 49.4 Å². The van der Waals surface area contributed by atoms with Gasteiger partial charge in [-0.05, 0) is 67.4 Å². The highest BCUT2D eigenvalue weighted by atomic mass is 35.5. The molecule has 3 aromatic carbocycles. The number of carbonyl (C=O) groups excluding carboxylic acids is 3. The van der Waals surface area contributed by atoms with Crippen LogP contribution in [0.25, 0.3) is 0 Å². The van der Waals surface area contributed by atoms with Gasteiger partial charge in [-0.1, -0.05) is 41.9 Å². The van der Waals surface area contributed by atoms with E-state index in [0.717, 1.165) is 5.56 Å². The van der Waals surface area contributed by atoms with Crippen LogP contribution in [0.15, 0.2) is 78.9 Å². The Hall–Kier alpha value is -3.64. The molecule has 0 bridgehead atoms. The molecule has 0 heterocycles. The summed E-state index contributed by atoms with van der Waals surface area (Å²) in [7, 11) is 0. The quantitative estimate of drug-likeness (QED) is 0.391. The van der Waals surface area contributed by atoms with Crippen LogP contribution in [0.3, 0.4) is 0 Å². The maximum absolute atomic E-state index is 12.4. The van der Waals surface area contributed by atoms with Crippen LogP contribution in [0.4, 0.5) is 5.69 Å². The van der Waals surface area contributed by atoms with E-state index in [1.54, 1.807) is 36.4 Å². The molecule has 0 radical (unpaired) electrons. The fourth-order valence-corrected chi connectivity index (χ4v) is 3.36. The molecule has 0 spiro atoms. The maximum Gasteiger partial charge on any atom is 0.255 e. The third kappa shape index (κ3) is 7.47. The monoisotopic (exact) mass is 463 g/mol. The van der Waals surface area contributed by atoms with E-state index in [0.29, 0.717) is 34.8 Å². The zero-order valence-electron chi connectivity index (χ0n) is 18.3. The van der Waals surface area contributed by atoms with E-state index in [1.165, 1.54) is 0 Å². The Labute approximate surface area is 198 Å². The first kappa shape index (κ1) is 24.0. The Bertz CT molecular complexity index is 1100. The molecule has 3 N–H and O–H groups in total. The van der Waals surface area contributed by atoms with Crippen molar-refractivity contribution in [1.82, 2.24) is 10.6 Å². The van der Waals surface area contributed by atoms with Crippen LogP contribution >= 0.6 is 11.6 Å². The van der Waals surface area contributed by atoms with E-state index in [9.17, 15) is 14.4 Å². The van der Waals surface area contributed by atoms with Crippen molar-refractivity contribution in [3.8, 4) is 0 Å². The number of nitrogens with one attached hydrogen (secondary N) is 3. The van der Waals surface area contributed by atoms with Crippen LogP contribution < -0.4 is 16.0 Å². The molecule has 1 unspecified atom stereocenters. The molecule has 0 aromatic heterocycles. The second kappa shape index (κ2) is 11.8. The largest absolute Gasteiger partial charge is 0.352 e. The molecule has 33 heavy (non-hydrogen) atoms. The molecular weight excluding hydrogens is 438 g/mol. The first-order valence-corrected chi connectivity index (χ1v) is 11.1. The number of hydrogen-bond donors (Lipinski definition) is 3. The summed E-state index contributed by atoms with van der Waals surface area (Å²) in [6.07, 6.45) is 0.806. The summed E-state index contributed by atoms with van der Waals surface area (Å²) < 4.78 is 0. The van der Waals surface area contributed by atoms with Crippen molar-refractivity contribution in [3.63, 3.8) is 0 Å². The van der Waals surface area contributed by atoms with Gasteiger partial charge in [-0.25, -0.2) is 0 Å². The van der Waals surface area contributed by atoms with Gasteiger partial charge in [-0.15, -0.1) is 0 Å². The number of hydrogen-bond acceptors (Lipinski definition) is 3. The summed E-state index contributed by atoms with van der Waals surface area (Å²) >= 11 is 5.83. The molecule has 3 rings (SSSR count). The lowest BCUT2D eigenvalue weighted by Gasteiger charge is -2.16. The van der Waals surface area contributed by atoms with Crippen molar-refractivity contribution < 1.29 is 14.4 Å². The van der Waals surface area contributed by atoms with E-state index < -0.39 is 0 Å². The van der Waals surface area contributed by atoms with Crippen LogP contribution in [0.5, 0.6) is 0 Å². The number of rotatable bonds is 9. The zero-order valence-corrected chi connectivity index (χ0v) is 19.1. The minimum Gasteiger partial charge on any atom is -0.352 e. The molecule has 0 fully saturated rings. The molecule has 0 aliphatic carbocycles. The summed E-state index contributed by atoms with van der Waals surface area (Å²) in [5, 5.41) is 9.20.